The molecule has 10 heteroatoms. The van der Waals surface area contributed by atoms with Gasteiger partial charge in [0.1, 0.15) is 0 Å². The molecule has 5 nitrogen and oxygen atoms in total. The van der Waals surface area contributed by atoms with Crippen molar-refractivity contribution < 1.29 is 18.0 Å². The number of carbonyl (C=O) groups excluding carboxylic acids is 1. The van der Waals surface area contributed by atoms with E-state index in [1.807, 2.05) is 6.07 Å². The number of rotatable bonds is 5. The van der Waals surface area contributed by atoms with Crippen LogP contribution >= 0.6 is 23.4 Å². The van der Waals surface area contributed by atoms with E-state index in [0.717, 1.165) is 35.5 Å². The van der Waals surface area contributed by atoms with Gasteiger partial charge in [0.15, 0.2) is 5.16 Å². The van der Waals surface area contributed by atoms with E-state index >= 15 is 0 Å². The Kier molecular flexibility index (Phi) is 6.29. The molecule has 0 saturated carbocycles. The highest BCUT2D eigenvalue weighted by Gasteiger charge is 2.31. The van der Waals surface area contributed by atoms with Crippen LogP contribution in [-0.2, 0) is 11.0 Å². The van der Waals surface area contributed by atoms with Crippen LogP contribution in [0.4, 0.5) is 18.9 Å². The number of benzene rings is 2. The van der Waals surface area contributed by atoms with Crippen molar-refractivity contribution in [2.75, 3.05) is 11.1 Å². The minimum absolute atomic E-state index is 0.0195. The fraction of sp³-hybridized carbons (Fsp3) is 0.105. The molecular formula is C19H13ClF3N3O2S. The van der Waals surface area contributed by atoms with Gasteiger partial charge in [-0.2, -0.15) is 13.2 Å². The molecule has 3 aromatic rings. The third-order valence-electron chi connectivity index (χ3n) is 3.70. The molecule has 2 aromatic carbocycles. The largest absolute Gasteiger partial charge is 0.416 e. The van der Waals surface area contributed by atoms with Crippen LogP contribution in [0, 0.1) is 0 Å². The predicted molar refractivity (Wildman–Crippen MR) is 106 cm³/mol. The van der Waals surface area contributed by atoms with Crippen molar-refractivity contribution in [1.82, 2.24) is 9.97 Å². The molecule has 0 bridgehead atoms. The van der Waals surface area contributed by atoms with Gasteiger partial charge in [-0.15, -0.1) is 0 Å². The number of thioether (sulfide) groups is 1. The molecule has 0 atom stereocenters. The van der Waals surface area contributed by atoms with Crippen molar-refractivity contribution in [2.45, 2.75) is 11.3 Å². The minimum Gasteiger partial charge on any atom is -0.324 e. The summed E-state index contributed by atoms with van der Waals surface area (Å²) >= 11 is 6.81. The lowest BCUT2D eigenvalue weighted by atomic mass is 10.1. The molecule has 0 aliphatic rings. The maximum absolute atomic E-state index is 12.8. The smallest absolute Gasteiger partial charge is 0.324 e. The first-order chi connectivity index (χ1) is 13.7. The summed E-state index contributed by atoms with van der Waals surface area (Å²) in [6.45, 7) is 0. The number of halogens is 4. The number of aromatic nitrogens is 2. The predicted octanol–water partition coefficient (Wildman–Crippen LogP) is 4.84. The van der Waals surface area contributed by atoms with E-state index in [4.69, 9.17) is 11.6 Å². The first-order valence-corrected chi connectivity index (χ1v) is 9.55. The van der Waals surface area contributed by atoms with Crippen molar-refractivity contribution in [1.29, 1.82) is 0 Å². The van der Waals surface area contributed by atoms with E-state index in [1.54, 1.807) is 24.3 Å². The van der Waals surface area contributed by atoms with E-state index in [9.17, 15) is 22.8 Å². The summed E-state index contributed by atoms with van der Waals surface area (Å²) in [6, 6.07) is 13.0. The van der Waals surface area contributed by atoms with Crippen molar-refractivity contribution >= 4 is 35.0 Å². The van der Waals surface area contributed by atoms with Gasteiger partial charge in [-0.05, 0) is 18.2 Å². The van der Waals surface area contributed by atoms with Crippen LogP contribution in [-0.4, -0.2) is 21.6 Å². The summed E-state index contributed by atoms with van der Waals surface area (Å²) in [5, 5.41) is 2.53. The average Bonchev–Trinajstić information content (AvgIpc) is 2.67. The number of alkyl halides is 3. The highest BCUT2D eigenvalue weighted by atomic mass is 35.5. The lowest BCUT2D eigenvalue weighted by Gasteiger charge is -2.11. The Morgan fingerprint density at radius 2 is 1.86 bits per heavy atom. The van der Waals surface area contributed by atoms with E-state index in [-0.39, 0.29) is 27.2 Å². The first-order valence-electron chi connectivity index (χ1n) is 8.18. The molecule has 1 amide bonds. The topological polar surface area (TPSA) is 74.8 Å². The summed E-state index contributed by atoms with van der Waals surface area (Å²) in [7, 11) is 0. The maximum Gasteiger partial charge on any atom is 0.416 e. The summed E-state index contributed by atoms with van der Waals surface area (Å²) < 4.78 is 38.5. The summed E-state index contributed by atoms with van der Waals surface area (Å²) in [6.07, 6.45) is -4.56. The molecule has 0 saturated heterocycles. The van der Waals surface area contributed by atoms with Gasteiger partial charge in [0.25, 0.3) is 5.56 Å². The van der Waals surface area contributed by atoms with Gasteiger partial charge in [-0.3, -0.25) is 9.59 Å². The Morgan fingerprint density at radius 3 is 2.55 bits per heavy atom. The Bertz CT molecular complexity index is 1090. The fourth-order valence-electron chi connectivity index (χ4n) is 2.38. The molecule has 150 valence electrons. The summed E-state index contributed by atoms with van der Waals surface area (Å²) in [4.78, 5) is 30.8. The number of nitrogens with zero attached hydrogens (tertiary/aromatic N) is 1. The molecule has 3 rings (SSSR count). The Balaban J connectivity index is 1.70. The molecule has 0 unspecified atom stereocenters. The highest BCUT2D eigenvalue weighted by Crippen LogP contribution is 2.34. The second-order valence-electron chi connectivity index (χ2n) is 5.83. The average molecular weight is 440 g/mol. The SMILES string of the molecule is O=C(CSc1nc(-c2ccccc2)cc(=O)[nH]1)Nc1cc(C(F)(F)F)ccc1Cl. The van der Waals surface area contributed by atoms with Crippen molar-refractivity contribution in [3.05, 3.63) is 75.5 Å². The third-order valence-corrected chi connectivity index (χ3v) is 4.90. The second kappa shape index (κ2) is 8.71. The monoisotopic (exact) mass is 439 g/mol. The number of aromatic amines is 1. The molecule has 2 N–H and O–H groups in total. The fourth-order valence-corrected chi connectivity index (χ4v) is 3.22. The standard InChI is InChI=1S/C19H13ClF3N3O2S/c20-13-7-6-12(19(21,22)23)8-15(13)24-17(28)10-29-18-25-14(9-16(27)26-18)11-4-2-1-3-5-11/h1-9H,10H2,(H,24,28)(H,25,26,27). The molecule has 0 aliphatic carbocycles. The maximum atomic E-state index is 12.8. The van der Waals surface area contributed by atoms with Crippen molar-refractivity contribution in [2.24, 2.45) is 0 Å². The normalized spacial score (nSPS) is 11.3. The van der Waals surface area contributed by atoms with E-state index < -0.39 is 17.6 Å². The van der Waals surface area contributed by atoms with Crippen LogP contribution < -0.4 is 10.9 Å². The zero-order valence-corrected chi connectivity index (χ0v) is 16.2. The number of hydrogen-bond acceptors (Lipinski definition) is 4. The van der Waals surface area contributed by atoms with Gasteiger partial charge in [-0.1, -0.05) is 53.7 Å². The molecule has 1 aromatic heterocycles. The van der Waals surface area contributed by atoms with Crippen LogP contribution in [0.15, 0.2) is 64.5 Å². The second-order valence-corrected chi connectivity index (χ2v) is 7.20. The van der Waals surface area contributed by atoms with E-state index in [2.05, 4.69) is 15.3 Å². The molecule has 0 spiro atoms. The van der Waals surface area contributed by atoms with Crippen LogP contribution in [0.2, 0.25) is 5.02 Å². The molecular weight excluding hydrogens is 427 g/mol. The summed E-state index contributed by atoms with van der Waals surface area (Å²) in [5.41, 5.74) is -0.278. The van der Waals surface area contributed by atoms with Gasteiger partial charge in [-0.25, -0.2) is 4.98 Å². The van der Waals surface area contributed by atoms with Gasteiger partial charge >= 0.3 is 6.18 Å². The van der Waals surface area contributed by atoms with E-state index in [0.29, 0.717) is 5.69 Å². The quantitative estimate of drug-likeness (QED) is 0.440. The van der Waals surface area contributed by atoms with Gasteiger partial charge in [0.05, 0.1) is 27.7 Å². The third kappa shape index (κ3) is 5.61. The van der Waals surface area contributed by atoms with Crippen molar-refractivity contribution in [3.8, 4) is 11.3 Å². The zero-order valence-electron chi connectivity index (χ0n) is 14.6. The number of carbonyl (C=O) groups is 1. The molecule has 0 fully saturated rings. The van der Waals surface area contributed by atoms with Gasteiger partial charge in [0.2, 0.25) is 5.91 Å². The number of anilines is 1. The van der Waals surface area contributed by atoms with Gasteiger partial charge < -0.3 is 10.3 Å². The summed E-state index contributed by atoms with van der Waals surface area (Å²) in [5.74, 6) is -0.780. The minimum atomic E-state index is -4.56. The number of hydrogen-bond donors (Lipinski definition) is 2. The van der Waals surface area contributed by atoms with Crippen LogP contribution in [0.3, 0.4) is 0 Å². The molecule has 0 aliphatic heterocycles. The number of H-pyrrole nitrogens is 1. The Hall–Kier alpha value is -2.78. The Morgan fingerprint density at radius 1 is 1.14 bits per heavy atom. The van der Waals surface area contributed by atoms with E-state index in [1.165, 1.54) is 6.07 Å². The lowest BCUT2D eigenvalue weighted by Crippen LogP contribution is -2.16. The number of amides is 1. The lowest BCUT2D eigenvalue weighted by molar-refractivity contribution is -0.137. The molecule has 29 heavy (non-hydrogen) atoms. The van der Waals surface area contributed by atoms with Crippen molar-refractivity contribution in [3.63, 3.8) is 0 Å². The first kappa shape index (κ1) is 20.9. The molecule has 0 radical (unpaired) electrons. The van der Waals surface area contributed by atoms with Crippen LogP contribution in [0.1, 0.15) is 5.56 Å². The number of nitrogens with one attached hydrogen (secondary N) is 2. The van der Waals surface area contributed by atoms with Gasteiger partial charge in [0, 0.05) is 11.6 Å². The Labute approximate surface area is 172 Å². The highest BCUT2D eigenvalue weighted by molar-refractivity contribution is 7.99. The zero-order chi connectivity index (χ0) is 21.0. The molecule has 1 heterocycles. The van der Waals surface area contributed by atoms with Crippen LogP contribution in [0.5, 0.6) is 0 Å². The van der Waals surface area contributed by atoms with Crippen LogP contribution in [0.25, 0.3) is 11.3 Å².